The Balaban J connectivity index is 2.76. The Labute approximate surface area is 92.3 Å². The molecule has 0 saturated carbocycles. The molecule has 1 heterocycles. The van der Waals surface area contributed by atoms with Gasteiger partial charge in [0.2, 0.25) is 0 Å². The SMILES string of the molecule is C\C=C/C=C1/OCC(CC)CO/C1=C/C. The third-order valence-electron chi connectivity index (χ3n) is 2.47. The first kappa shape index (κ1) is 11.9. The van der Waals surface area contributed by atoms with Gasteiger partial charge >= 0.3 is 0 Å². The predicted molar refractivity (Wildman–Crippen MR) is 62.3 cm³/mol. The molecule has 1 unspecified atom stereocenters. The van der Waals surface area contributed by atoms with E-state index in [1.807, 2.05) is 38.2 Å². The quantitative estimate of drug-likeness (QED) is 0.692. The second-order valence-electron chi connectivity index (χ2n) is 3.61. The van der Waals surface area contributed by atoms with Gasteiger partial charge in [-0.05, 0) is 32.4 Å². The van der Waals surface area contributed by atoms with Crippen molar-refractivity contribution in [3.63, 3.8) is 0 Å². The highest BCUT2D eigenvalue weighted by molar-refractivity contribution is 5.24. The first-order valence-electron chi connectivity index (χ1n) is 5.57. The molecule has 1 saturated heterocycles. The molecule has 1 atom stereocenters. The average Bonchev–Trinajstić information content (AvgIpc) is 2.47. The van der Waals surface area contributed by atoms with Gasteiger partial charge in [0.1, 0.15) is 0 Å². The van der Waals surface area contributed by atoms with Gasteiger partial charge in [-0.2, -0.15) is 0 Å². The van der Waals surface area contributed by atoms with Gasteiger partial charge in [-0.25, -0.2) is 0 Å². The predicted octanol–water partition coefficient (Wildman–Crippen LogP) is 3.42. The zero-order valence-electron chi connectivity index (χ0n) is 9.82. The molecule has 1 aliphatic heterocycles. The van der Waals surface area contributed by atoms with Crippen molar-refractivity contribution in [3.8, 4) is 0 Å². The molecule has 0 aromatic heterocycles. The Hall–Kier alpha value is -1.18. The third kappa shape index (κ3) is 3.46. The molecule has 2 nitrogen and oxygen atoms in total. The molecule has 0 radical (unpaired) electrons. The number of hydrogen-bond donors (Lipinski definition) is 0. The van der Waals surface area contributed by atoms with Crippen LogP contribution in [0.25, 0.3) is 0 Å². The Bertz CT molecular complexity index is 274. The van der Waals surface area contributed by atoms with E-state index in [-0.39, 0.29) is 0 Å². The minimum absolute atomic E-state index is 0.497. The van der Waals surface area contributed by atoms with Crippen molar-refractivity contribution >= 4 is 0 Å². The monoisotopic (exact) mass is 208 g/mol. The van der Waals surface area contributed by atoms with E-state index in [4.69, 9.17) is 9.47 Å². The second-order valence-corrected chi connectivity index (χ2v) is 3.61. The summed E-state index contributed by atoms with van der Waals surface area (Å²) >= 11 is 0. The summed E-state index contributed by atoms with van der Waals surface area (Å²) < 4.78 is 11.4. The number of allylic oxidation sites excluding steroid dienone is 4. The third-order valence-corrected chi connectivity index (χ3v) is 2.47. The van der Waals surface area contributed by atoms with Crippen LogP contribution in [-0.2, 0) is 9.47 Å². The molecule has 0 aromatic rings. The van der Waals surface area contributed by atoms with Crippen molar-refractivity contribution in [1.82, 2.24) is 0 Å². The zero-order chi connectivity index (χ0) is 11.1. The van der Waals surface area contributed by atoms with Crippen LogP contribution in [0.1, 0.15) is 27.2 Å². The smallest absolute Gasteiger partial charge is 0.160 e. The van der Waals surface area contributed by atoms with Gasteiger partial charge in [0.05, 0.1) is 13.2 Å². The number of rotatable bonds is 2. The fourth-order valence-electron chi connectivity index (χ4n) is 1.38. The Morgan fingerprint density at radius 1 is 1.20 bits per heavy atom. The number of hydrogen-bond acceptors (Lipinski definition) is 2. The average molecular weight is 208 g/mol. The summed E-state index contributed by atoms with van der Waals surface area (Å²) in [5.41, 5.74) is 0. The van der Waals surface area contributed by atoms with Crippen LogP contribution in [0, 0.1) is 5.92 Å². The maximum absolute atomic E-state index is 5.73. The molecule has 0 aliphatic carbocycles. The molecule has 84 valence electrons. The molecule has 1 aliphatic rings. The van der Waals surface area contributed by atoms with Crippen LogP contribution < -0.4 is 0 Å². The first-order chi connectivity index (χ1) is 7.31. The second kappa shape index (κ2) is 6.33. The van der Waals surface area contributed by atoms with Gasteiger partial charge in [-0.3, -0.25) is 0 Å². The van der Waals surface area contributed by atoms with Crippen molar-refractivity contribution in [2.45, 2.75) is 27.2 Å². The normalized spacial score (nSPS) is 27.8. The van der Waals surface area contributed by atoms with Gasteiger partial charge in [-0.1, -0.05) is 19.1 Å². The van der Waals surface area contributed by atoms with Crippen LogP contribution in [0.15, 0.2) is 35.8 Å². The van der Waals surface area contributed by atoms with E-state index in [2.05, 4.69) is 6.92 Å². The summed E-state index contributed by atoms with van der Waals surface area (Å²) in [6.07, 6.45) is 8.94. The molecule has 1 rings (SSSR count). The lowest BCUT2D eigenvalue weighted by Crippen LogP contribution is -2.09. The van der Waals surface area contributed by atoms with Crippen molar-refractivity contribution in [1.29, 1.82) is 0 Å². The highest BCUT2D eigenvalue weighted by Crippen LogP contribution is 2.21. The van der Waals surface area contributed by atoms with Crippen molar-refractivity contribution in [3.05, 3.63) is 35.8 Å². The van der Waals surface area contributed by atoms with E-state index in [0.717, 1.165) is 31.2 Å². The molecule has 0 spiro atoms. The van der Waals surface area contributed by atoms with Crippen molar-refractivity contribution in [2.24, 2.45) is 5.92 Å². The summed E-state index contributed by atoms with van der Waals surface area (Å²) in [7, 11) is 0. The maximum Gasteiger partial charge on any atom is 0.160 e. The highest BCUT2D eigenvalue weighted by atomic mass is 16.5. The van der Waals surface area contributed by atoms with Crippen LogP contribution >= 0.6 is 0 Å². The summed E-state index contributed by atoms with van der Waals surface area (Å²) in [5, 5.41) is 0. The van der Waals surface area contributed by atoms with E-state index < -0.39 is 0 Å². The lowest BCUT2D eigenvalue weighted by Gasteiger charge is -2.08. The standard InChI is InChI=1S/C13H20O2/c1-4-7-8-13-12(6-3)14-9-11(5-2)10-15-13/h4,6-8,11H,5,9-10H2,1-3H3/b7-4-,12-6+,13-8+. The molecular formula is C13H20O2. The number of ether oxygens (including phenoxy) is 2. The van der Waals surface area contributed by atoms with Crippen LogP contribution in [-0.4, -0.2) is 13.2 Å². The minimum Gasteiger partial charge on any atom is -0.490 e. The first-order valence-corrected chi connectivity index (χ1v) is 5.57. The van der Waals surface area contributed by atoms with E-state index in [1.165, 1.54) is 0 Å². The topological polar surface area (TPSA) is 18.5 Å². The van der Waals surface area contributed by atoms with Gasteiger partial charge in [-0.15, -0.1) is 0 Å². The molecule has 0 amide bonds. The van der Waals surface area contributed by atoms with Crippen LogP contribution in [0.2, 0.25) is 0 Å². The van der Waals surface area contributed by atoms with E-state index in [1.54, 1.807) is 0 Å². The summed E-state index contributed by atoms with van der Waals surface area (Å²) in [6.45, 7) is 7.61. The zero-order valence-corrected chi connectivity index (χ0v) is 9.82. The Morgan fingerprint density at radius 3 is 2.40 bits per heavy atom. The van der Waals surface area contributed by atoms with Crippen LogP contribution in [0.3, 0.4) is 0 Å². The fraction of sp³-hybridized carbons (Fsp3) is 0.538. The van der Waals surface area contributed by atoms with Gasteiger partial charge < -0.3 is 9.47 Å². The summed E-state index contributed by atoms with van der Waals surface area (Å²) in [5.74, 6) is 2.19. The molecule has 0 bridgehead atoms. The van der Waals surface area contributed by atoms with Crippen molar-refractivity contribution < 1.29 is 9.47 Å². The lowest BCUT2D eigenvalue weighted by molar-refractivity contribution is 0.159. The van der Waals surface area contributed by atoms with Crippen LogP contribution in [0.5, 0.6) is 0 Å². The van der Waals surface area contributed by atoms with Gasteiger partial charge in [0.25, 0.3) is 0 Å². The molecular weight excluding hydrogens is 188 g/mol. The molecule has 15 heavy (non-hydrogen) atoms. The summed E-state index contributed by atoms with van der Waals surface area (Å²) in [4.78, 5) is 0. The van der Waals surface area contributed by atoms with E-state index in [9.17, 15) is 0 Å². The summed E-state index contributed by atoms with van der Waals surface area (Å²) in [6, 6.07) is 0. The van der Waals surface area contributed by atoms with E-state index in [0.29, 0.717) is 5.92 Å². The highest BCUT2D eigenvalue weighted by Gasteiger charge is 2.17. The van der Waals surface area contributed by atoms with Gasteiger partial charge in [0, 0.05) is 5.92 Å². The molecule has 0 N–H and O–H groups in total. The maximum atomic E-state index is 5.73. The Kier molecular flexibility index (Phi) is 5.02. The molecule has 1 fully saturated rings. The molecule has 0 aromatic carbocycles. The Morgan fingerprint density at radius 2 is 1.87 bits per heavy atom. The van der Waals surface area contributed by atoms with E-state index >= 15 is 0 Å². The minimum atomic E-state index is 0.497. The largest absolute Gasteiger partial charge is 0.490 e. The fourth-order valence-corrected chi connectivity index (χ4v) is 1.38. The van der Waals surface area contributed by atoms with Gasteiger partial charge in [0.15, 0.2) is 11.5 Å². The lowest BCUT2D eigenvalue weighted by atomic mass is 10.1. The van der Waals surface area contributed by atoms with Crippen LogP contribution in [0.4, 0.5) is 0 Å². The van der Waals surface area contributed by atoms with Crippen molar-refractivity contribution in [2.75, 3.05) is 13.2 Å². The molecule has 2 heteroatoms.